The predicted molar refractivity (Wildman–Crippen MR) is 71.7 cm³/mol. The van der Waals surface area contributed by atoms with E-state index >= 15 is 0 Å². The molecule has 0 saturated carbocycles. The van der Waals surface area contributed by atoms with Crippen molar-refractivity contribution in [3.05, 3.63) is 47.8 Å². The Morgan fingerprint density at radius 2 is 1.67 bits per heavy atom. The van der Waals surface area contributed by atoms with Crippen LogP contribution in [0.15, 0.2) is 36.7 Å². The number of aryl methyl sites for hydroxylation is 2. The molecule has 2 rings (SSSR count). The normalized spacial score (nSPS) is 10.4. The highest BCUT2D eigenvalue weighted by molar-refractivity contribution is 5.71. The van der Waals surface area contributed by atoms with E-state index in [4.69, 9.17) is 9.47 Å². The Morgan fingerprint density at radius 3 is 2.22 bits per heavy atom. The maximum absolute atomic E-state index is 5.47. The summed E-state index contributed by atoms with van der Waals surface area (Å²) in [6, 6.07) is 8.10. The second-order valence-corrected chi connectivity index (χ2v) is 4.22. The molecule has 0 N–H and O–H groups in total. The summed E-state index contributed by atoms with van der Waals surface area (Å²) in [7, 11) is 1.62. The van der Waals surface area contributed by atoms with Gasteiger partial charge in [-0.05, 0) is 60.4 Å². The fourth-order valence-electron chi connectivity index (χ4n) is 2.11. The molecule has 94 valence electrons. The largest absolute Gasteiger partial charge is 0.468 e. The van der Waals surface area contributed by atoms with Crippen LogP contribution in [0.2, 0.25) is 0 Å². The van der Waals surface area contributed by atoms with Gasteiger partial charge in [0.05, 0.1) is 0 Å². The van der Waals surface area contributed by atoms with Crippen LogP contribution < -0.4 is 4.74 Å². The molecule has 0 unspecified atom stereocenters. The third-order valence-electron chi connectivity index (χ3n) is 2.82. The SMILES string of the molecule is COCOc1cc(C)c(-c2ccncc2)c(C)c1. The van der Waals surface area contributed by atoms with Crippen molar-refractivity contribution in [3.63, 3.8) is 0 Å². The molecule has 0 aliphatic heterocycles. The van der Waals surface area contributed by atoms with E-state index in [0.29, 0.717) is 0 Å². The number of hydrogen-bond donors (Lipinski definition) is 0. The molecule has 3 nitrogen and oxygen atoms in total. The van der Waals surface area contributed by atoms with Crippen LogP contribution in [0.1, 0.15) is 11.1 Å². The van der Waals surface area contributed by atoms with Gasteiger partial charge in [0, 0.05) is 19.5 Å². The van der Waals surface area contributed by atoms with Gasteiger partial charge >= 0.3 is 0 Å². The second-order valence-electron chi connectivity index (χ2n) is 4.22. The van der Waals surface area contributed by atoms with Crippen LogP contribution in [0.5, 0.6) is 5.75 Å². The fourth-order valence-corrected chi connectivity index (χ4v) is 2.11. The number of ether oxygens (including phenoxy) is 2. The van der Waals surface area contributed by atoms with Crippen LogP contribution in [-0.4, -0.2) is 18.9 Å². The Hall–Kier alpha value is -1.87. The Balaban J connectivity index is 2.38. The molecule has 0 fully saturated rings. The molecule has 1 aromatic carbocycles. The summed E-state index contributed by atoms with van der Waals surface area (Å²) in [6.45, 7) is 4.44. The van der Waals surface area contributed by atoms with Crippen molar-refractivity contribution in [2.45, 2.75) is 13.8 Å². The molecule has 0 aliphatic carbocycles. The van der Waals surface area contributed by atoms with Gasteiger partial charge in [-0.25, -0.2) is 0 Å². The van der Waals surface area contributed by atoms with Crippen LogP contribution in [0.4, 0.5) is 0 Å². The maximum Gasteiger partial charge on any atom is 0.188 e. The molecule has 0 aliphatic rings. The lowest BCUT2D eigenvalue weighted by atomic mass is 9.96. The molecule has 0 spiro atoms. The molecule has 2 aromatic rings. The van der Waals surface area contributed by atoms with E-state index in [2.05, 4.69) is 18.8 Å². The van der Waals surface area contributed by atoms with Crippen molar-refractivity contribution in [2.24, 2.45) is 0 Å². The lowest BCUT2D eigenvalue weighted by Crippen LogP contribution is -2.00. The second kappa shape index (κ2) is 5.65. The number of hydrogen-bond acceptors (Lipinski definition) is 3. The van der Waals surface area contributed by atoms with Crippen molar-refractivity contribution >= 4 is 0 Å². The van der Waals surface area contributed by atoms with Gasteiger partial charge in [0.15, 0.2) is 6.79 Å². The summed E-state index contributed by atoms with van der Waals surface area (Å²) in [6.07, 6.45) is 3.62. The third kappa shape index (κ3) is 2.68. The minimum atomic E-state index is 0.271. The van der Waals surface area contributed by atoms with E-state index in [1.54, 1.807) is 7.11 Å². The maximum atomic E-state index is 5.47. The van der Waals surface area contributed by atoms with Crippen molar-refractivity contribution in [3.8, 4) is 16.9 Å². The minimum Gasteiger partial charge on any atom is -0.468 e. The van der Waals surface area contributed by atoms with Crippen molar-refractivity contribution in [2.75, 3.05) is 13.9 Å². The number of pyridine rings is 1. The highest BCUT2D eigenvalue weighted by Gasteiger charge is 2.08. The summed E-state index contributed by atoms with van der Waals surface area (Å²) in [5.74, 6) is 0.838. The van der Waals surface area contributed by atoms with E-state index in [1.807, 2.05) is 36.7 Å². The van der Waals surface area contributed by atoms with Crippen molar-refractivity contribution in [1.29, 1.82) is 0 Å². The first-order valence-corrected chi connectivity index (χ1v) is 5.85. The zero-order valence-electron chi connectivity index (χ0n) is 10.9. The summed E-state index contributed by atoms with van der Waals surface area (Å²) < 4.78 is 10.4. The summed E-state index contributed by atoms with van der Waals surface area (Å²) in [5.41, 5.74) is 4.79. The number of benzene rings is 1. The number of nitrogens with zero attached hydrogens (tertiary/aromatic N) is 1. The zero-order chi connectivity index (χ0) is 13.0. The average molecular weight is 243 g/mol. The fraction of sp³-hybridized carbons (Fsp3) is 0.267. The van der Waals surface area contributed by atoms with Crippen LogP contribution in [0.3, 0.4) is 0 Å². The Kier molecular flexibility index (Phi) is 3.95. The smallest absolute Gasteiger partial charge is 0.188 e. The Bertz CT molecular complexity index is 500. The zero-order valence-corrected chi connectivity index (χ0v) is 10.9. The Labute approximate surface area is 107 Å². The monoisotopic (exact) mass is 243 g/mol. The van der Waals surface area contributed by atoms with E-state index in [1.165, 1.54) is 22.3 Å². The predicted octanol–water partition coefficient (Wildman–Crippen LogP) is 3.35. The first-order chi connectivity index (χ1) is 8.72. The molecule has 18 heavy (non-hydrogen) atoms. The van der Waals surface area contributed by atoms with E-state index in [-0.39, 0.29) is 6.79 Å². The van der Waals surface area contributed by atoms with Crippen molar-refractivity contribution in [1.82, 2.24) is 4.98 Å². The number of aromatic nitrogens is 1. The molecule has 1 heterocycles. The molecule has 0 atom stereocenters. The van der Waals surface area contributed by atoms with E-state index in [9.17, 15) is 0 Å². The first-order valence-electron chi connectivity index (χ1n) is 5.85. The average Bonchev–Trinajstić information content (AvgIpc) is 2.37. The molecule has 0 amide bonds. The number of rotatable bonds is 4. The first kappa shape index (κ1) is 12.6. The van der Waals surface area contributed by atoms with Crippen LogP contribution in [0.25, 0.3) is 11.1 Å². The molecular formula is C15H17NO2. The topological polar surface area (TPSA) is 31.4 Å². The minimum absolute atomic E-state index is 0.271. The van der Waals surface area contributed by atoms with Crippen molar-refractivity contribution < 1.29 is 9.47 Å². The van der Waals surface area contributed by atoms with E-state index in [0.717, 1.165) is 5.75 Å². The van der Waals surface area contributed by atoms with Crippen LogP contribution in [0, 0.1) is 13.8 Å². The quantitative estimate of drug-likeness (QED) is 0.772. The standard InChI is InChI=1S/C15H17NO2/c1-11-8-14(18-10-17-3)9-12(2)15(11)13-4-6-16-7-5-13/h4-9H,10H2,1-3H3. The molecule has 1 aromatic heterocycles. The van der Waals surface area contributed by atoms with Gasteiger partial charge in [-0.1, -0.05) is 0 Å². The number of methoxy groups -OCH3 is 1. The lowest BCUT2D eigenvalue weighted by Gasteiger charge is -2.13. The van der Waals surface area contributed by atoms with Gasteiger partial charge in [-0.3, -0.25) is 4.98 Å². The molecule has 3 heteroatoms. The Morgan fingerprint density at radius 1 is 1.06 bits per heavy atom. The van der Waals surface area contributed by atoms with Gasteiger partial charge in [0.1, 0.15) is 5.75 Å². The lowest BCUT2D eigenvalue weighted by molar-refractivity contribution is 0.0511. The van der Waals surface area contributed by atoms with Gasteiger partial charge in [-0.15, -0.1) is 0 Å². The summed E-state index contributed by atoms with van der Waals surface area (Å²) >= 11 is 0. The van der Waals surface area contributed by atoms with Crippen LogP contribution >= 0.6 is 0 Å². The highest BCUT2D eigenvalue weighted by atomic mass is 16.7. The molecule has 0 saturated heterocycles. The molecule has 0 bridgehead atoms. The molecular weight excluding hydrogens is 226 g/mol. The summed E-state index contributed by atoms with van der Waals surface area (Å²) in [4.78, 5) is 4.05. The van der Waals surface area contributed by atoms with Gasteiger partial charge < -0.3 is 9.47 Å². The highest BCUT2D eigenvalue weighted by Crippen LogP contribution is 2.30. The summed E-state index contributed by atoms with van der Waals surface area (Å²) in [5, 5.41) is 0. The van der Waals surface area contributed by atoms with Gasteiger partial charge in [0.25, 0.3) is 0 Å². The van der Waals surface area contributed by atoms with Gasteiger partial charge in [-0.2, -0.15) is 0 Å². The van der Waals surface area contributed by atoms with Crippen LogP contribution in [-0.2, 0) is 4.74 Å². The third-order valence-corrected chi connectivity index (χ3v) is 2.82. The van der Waals surface area contributed by atoms with E-state index < -0.39 is 0 Å². The van der Waals surface area contributed by atoms with Gasteiger partial charge in [0.2, 0.25) is 0 Å². The molecule has 0 radical (unpaired) electrons.